The summed E-state index contributed by atoms with van der Waals surface area (Å²) in [6, 6.07) is 10.00. The highest BCUT2D eigenvalue weighted by Gasteiger charge is 2.23. The van der Waals surface area contributed by atoms with E-state index in [0.29, 0.717) is 6.54 Å². The van der Waals surface area contributed by atoms with Crippen LogP contribution in [0.4, 0.5) is 0 Å². The summed E-state index contributed by atoms with van der Waals surface area (Å²) in [5.41, 5.74) is 3.37. The van der Waals surface area contributed by atoms with Crippen molar-refractivity contribution >= 4 is 17.1 Å². The number of aliphatic hydroxyl groups excluding tert-OH is 1. The van der Waals surface area contributed by atoms with Crippen LogP contribution in [0.3, 0.4) is 0 Å². The molecule has 0 saturated carbocycles. The maximum Gasteiger partial charge on any atom is 0.169 e. The van der Waals surface area contributed by atoms with Gasteiger partial charge in [0.25, 0.3) is 0 Å². The number of carbonyl (C=O) groups is 1. The van der Waals surface area contributed by atoms with E-state index in [4.69, 9.17) is 0 Å². The van der Waals surface area contributed by atoms with E-state index >= 15 is 0 Å². The number of hydrogen-bond acceptors (Lipinski definition) is 4. The van der Waals surface area contributed by atoms with Crippen molar-refractivity contribution in [3.05, 3.63) is 57.3 Å². The van der Waals surface area contributed by atoms with Gasteiger partial charge in [0.1, 0.15) is 0 Å². The second kappa shape index (κ2) is 5.48. The van der Waals surface area contributed by atoms with Gasteiger partial charge in [-0.15, -0.1) is 11.3 Å². The molecular weight excluding hydrogens is 270 g/mol. The third-order valence-corrected chi connectivity index (χ3v) is 4.73. The van der Waals surface area contributed by atoms with E-state index in [0.717, 1.165) is 29.1 Å². The zero-order valence-electron chi connectivity index (χ0n) is 11.4. The van der Waals surface area contributed by atoms with Crippen LogP contribution in [0, 0.1) is 0 Å². The Bertz CT molecular complexity index is 635. The molecule has 0 bridgehead atoms. The molecule has 3 nitrogen and oxygen atoms in total. The minimum absolute atomic E-state index is 0.116. The Kier molecular flexibility index (Phi) is 3.70. The second-order valence-corrected chi connectivity index (χ2v) is 6.17. The number of rotatable bonds is 3. The van der Waals surface area contributed by atoms with Crippen LogP contribution < -0.4 is 0 Å². The average Bonchev–Trinajstić information content (AvgIpc) is 2.87. The Hall–Kier alpha value is -1.49. The van der Waals surface area contributed by atoms with Gasteiger partial charge in [-0.25, -0.2) is 0 Å². The largest absolute Gasteiger partial charge is 0.387 e. The van der Waals surface area contributed by atoms with Crippen molar-refractivity contribution in [3.8, 4) is 0 Å². The van der Waals surface area contributed by atoms with E-state index in [2.05, 4.69) is 11.0 Å². The van der Waals surface area contributed by atoms with Crippen molar-refractivity contribution in [1.82, 2.24) is 4.90 Å². The summed E-state index contributed by atoms with van der Waals surface area (Å²) < 4.78 is 0. The molecule has 4 heteroatoms. The zero-order chi connectivity index (χ0) is 14.1. The molecule has 0 radical (unpaired) electrons. The Balaban J connectivity index is 1.75. The fourth-order valence-corrected chi connectivity index (χ4v) is 3.48. The second-order valence-electron chi connectivity index (χ2n) is 5.26. The molecule has 1 aliphatic rings. The number of carbonyl (C=O) groups excluding carboxylic acids is 1. The number of aliphatic hydroxyl groups is 1. The number of thiophene rings is 1. The van der Waals surface area contributed by atoms with Crippen molar-refractivity contribution in [2.45, 2.75) is 26.1 Å². The van der Waals surface area contributed by atoms with Gasteiger partial charge in [-0.2, -0.15) is 0 Å². The smallest absolute Gasteiger partial charge is 0.169 e. The molecule has 104 valence electrons. The van der Waals surface area contributed by atoms with Crippen LogP contribution in [0.1, 0.15) is 39.4 Å². The summed E-state index contributed by atoms with van der Waals surface area (Å²) in [6.45, 7) is 3.85. The molecule has 0 spiro atoms. The van der Waals surface area contributed by atoms with Gasteiger partial charge in [-0.3, -0.25) is 9.69 Å². The quantitative estimate of drug-likeness (QED) is 0.882. The molecule has 1 aromatic carbocycles. The summed E-state index contributed by atoms with van der Waals surface area (Å²) in [5, 5.41) is 12.2. The van der Waals surface area contributed by atoms with Gasteiger partial charge in [-0.1, -0.05) is 24.3 Å². The first-order valence-corrected chi connectivity index (χ1v) is 7.58. The van der Waals surface area contributed by atoms with E-state index in [1.54, 1.807) is 6.92 Å². The van der Waals surface area contributed by atoms with E-state index in [-0.39, 0.29) is 5.78 Å². The van der Waals surface area contributed by atoms with Crippen LogP contribution in [0.25, 0.3) is 0 Å². The van der Waals surface area contributed by atoms with Gasteiger partial charge in [0.2, 0.25) is 0 Å². The zero-order valence-corrected chi connectivity index (χ0v) is 12.2. The lowest BCUT2D eigenvalue weighted by molar-refractivity contribution is 0.0882. The third-order valence-electron chi connectivity index (χ3n) is 3.65. The molecule has 0 saturated heterocycles. The highest BCUT2D eigenvalue weighted by Crippen LogP contribution is 2.28. The lowest BCUT2D eigenvalue weighted by Gasteiger charge is -2.31. The molecule has 1 aliphatic heterocycles. The molecule has 0 aliphatic carbocycles. The van der Waals surface area contributed by atoms with E-state index in [9.17, 15) is 9.90 Å². The Morgan fingerprint density at radius 1 is 1.45 bits per heavy atom. The predicted molar refractivity (Wildman–Crippen MR) is 79.8 cm³/mol. The lowest BCUT2D eigenvalue weighted by atomic mass is 9.97. The minimum atomic E-state index is -0.425. The van der Waals surface area contributed by atoms with Crippen LogP contribution in [-0.2, 0) is 13.1 Å². The summed E-state index contributed by atoms with van der Waals surface area (Å²) in [7, 11) is 0. The maximum atomic E-state index is 11.3. The van der Waals surface area contributed by atoms with Crippen molar-refractivity contribution in [2.75, 3.05) is 6.54 Å². The SMILES string of the molecule is CC(=O)c1cc(CN2Cc3ccccc3C(O)C2)cs1. The number of nitrogens with zero attached hydrogens (tertiary/aromatic N) is 1. The number of ketones is 1. The first-order chi connectivity index (χ1) is 9.63. The lowest BCUT2D eigenvalue weighted by Crippen LogP contribution is -2.32. The predicted octanol–water partition coefficient (Wildman–Crippen LogP) is 3.00. The maximum absolute atomic E-state index is 11.3. The standard InChI is InChI=1S/C16H17NO2S/c1-11(18)16-6-12(10-20-16)7-17-8-13-4-2-3-5-14(13)15(19)9-17/h2-6,10,15,19H,7-9H2,1H3. The number of β-amino-alcohol motifs (C(OH)–C–C–N with tert-alkyl or cyclic N) is 1. The summed E-state index contributed by atoms with van der Waals surface area (Å²) in [4.78, 5) is 14.3. The molecule has 0 fully saturated rings. The van der Waals surface area contributed by atoms with Crippen molar-refractivity contribution in [3.63, 3.8) is 0 Å². The molecule has 2 aromatic rings. The molecule has 3 rings (SSSR count). The number of Topliss-reactive ketones (excluding diaryl/α,β-unsaturated/α-hetero) is 1. The van der Waals surface area contributed by atoms with Gasteiger partial charge >= 0.3 is 0 Å². The Morgan fingerprint density at radius 3 is 3.00 bits per heavy atom. The summed E-state index contributed by atoms with van der Waals surface area (Å²) in [6.07, 6.45) is -0.425. The molecule has 2 heterocycles. The van der Waals surface area contributed by atoms with Gasteiger partial charge in [-0.05, 0) is 35.1 Å². The van der Waals surface area contributed by atoms with Gasteiger partial charge < -0.3 is 5.11 Å². The molecule has 0 amide bonds. The first kappa shape index (κ1) is 13.5. The highest BCUT2D eigenvalue weighted by atomic mass is 32.1. The summed E-state index contributed by atoms with van der Waals surface area (Å²) >= 11 is 1.49. The summed E-state index contributed by atoms with van der Waals surface area (Å²) in [5.74, 6) is 0.116. The molecule has 1 aromatic heterocycles. The first-order valence-electron chi connectivity index (χ1n) is 6.70. The molecule has 1 unspecified atom stereocenters. The fourth-order valence-electron chi connectivity index (χ4n) is 2.67. The molecule has 1 N–H and O–H groups in total. The van der Waals surface area contributed by atoms with Crippen molar-refractivity contribution in [2.24, 2.45) is 0 Å². The van der Waals surface area contributed by atoms with E-state index in [1.165, 1.54) is 16.9 Å². The Labute approximate surface area is 122 Å². The topological polar surface area (TPSA) is 40.5 Å². The van der Waals surface area contributed by atoms with E-state index < -0.39 is 6.10 Å². The monoisotopic (exact) mass is 287 g/mol. The fraction of sp³-hybridized carbons (Fsp3) is 0.312. The number of hydrogen-bond donors (Lipinski definition) is 1. The molecule has 1 atom stereocenters. The van der Waals surface area contributed by atoms with E-state index in [1.807, 2.05) is 29.6 Å². The number of benzene rings is 1. The molecule has 20 heavy (non-hydrogen) atoms. The van der Waals surface area contributed by atoms with Crippen molar-refractivity contribution < 1.29 is 9.90 Å². The van der Waals surface area contributed by atoms with Crippen LogP contribution in [0.15, 0.2) is 35.7 Å². The normalized spacial score (nSPS) is 18.8. The average molecular weight is 287 g/mol. The van der Waals surface area contributed by atoms with Gasteiger partial charge in [0, 0.05) is 19.6 Å². The van der Waals surface area contributed by atoms with Gasteiger partial charge in [0.15, 0.2) is 5.78 Å². The van der Waals surface area contributed by atoms with Crippen LogP contribution in [0.2, 0.25) is 0 Å². The Morgan fingerprint density at radius 2 is 2.25 bits per heavy atom. The number of fused-ring (bicyclic) bond motifs is 1. The van der Waals surface area contributed by atoms with Crippen LogP contribution >= 0.6 is 11.3 Å². The third kappa shape index (κ3) is 2.68. The highest BCUT2D eigenvalue weighted by molar-refractivity contribution is 7.12. The van der Waals surface area contributed by atoms with Crippen LogP contribution in [-0.4, -0.2) is 22.3 Å². The van der Waals surface area contributed by atoms with Gasteiger partial charge in [0.05, 0.1) is 11.0 Å². The van der Waals surface area contributed by atoms with Crippen LogP contribution in [0.5, 0.6) is 0 Å². The minimum Gasteiger partial charge on any atom is -0.387 e. The van der Waals surface area contributed by atoms with Crippen molar-refractivity contribution in [1.29, 1.82) is 0 Å². The molecular formula is C16H17NO2S.